The van der Waals surface area contributed by atoms with Crippen LogP contribution in [0, 0.1) is 5.92 Å². The fourth-order valence-corrected chi connectivity index (χ4v) is 7.26. The van der Waals surface area contributed by atoms with Crippen molar-refractivity contribution in [2.45, 2.75) is 51.7 Å². The molecule has 4 heterocycles. The maximum absolute atomic E-state index is 13.5. The van der Waals surface area contributed by atoms with Crippen molar-refractivity contribution in [1.29, 1.82) is 0 Å². The molecule has 0 spiro atoms. The van der Waals surface area contributed by atoms with Crippen molar-refractivity contribution in [3.05, 3.63) is 84.6 Å². The number of benzene rings is 2. The number of hydrogen-bond acceptors (Lipinski definition) is 9. The summed E-state index contributed by atoms with van der Waals surface area (Å²) in [5.41, 5.74) is 3.30. The number of aliphatic hydroxyl groups is 1. The molecule has 1 saturated heterocycles. The molecule has 5 amide bonds. The Morgan fingerprint density at radius 3 is 2.40 bits per heavy atom. The Bertz CT molecular complexity index is 2080. The van der Waals surface area contributed by atoms with Gasteiger partial charge in [0, 0.05) is 19.7 Å². The van der Waals surface area contributed by atoms with E-state index < -0.39 is 36.4 Å². The number of carbonyl (C=O) groups is 5. The van der Waals surface area contributed by atoms with E-state index in [1.54, 1.807) is 47.6 Å². The summed E-state index contributed by atoms with van der Waals surface area (Å²) in [7, 11) is 0. The van der Waals surface area contributed by atoms with E-state index in [1.807, 2.05) is 48.7 Å². The molecule has 3 atom stereocenters. The van der Waals surface area contributed by atoms with Crippen molar-refractivity contribution in [2.75, 3.05) is 25.0 Å². The lowest BCUT2D eigenvalue weighted by Crippen LogP contribution is -2.51. The van der Waals surface area contributed by atoms with Crippen LogP contribution >= 0.6 is 11.3 Å². The Kier molecular flexibility index (Phi) is 11.3. The smallest absolute Gasteiger partial charge is 0.247 e. The normalized spacial score (nSPS) is 15.3. The van der Waals surface area contributed by atoms with Crippen LogP contribution in [0.1, 0.15) is 57.1 Å². The lowest BCUT2D eigenvalue weighted by molar-refractivity contribution is -0.139. The molecule has 3 aromatic heterocycles. The Balaban J connectivity index is 1.06. The van der Waals surface area contributed by atoms with Crippen LogP contribution in [0.4, 0.5) is 5.82 Å². The number of rotatable bonds is 13. The summed E-state index contributed by atoms with van der Waals surface area (Å²) in [6, 6.07) is 14.8. The second-order valence-electron chi connectivity index (χ2n) is 13.1. The number of fused-ring (bicyclic) bond motifs is 1. The van der Waals surface area contributed by atoms with Crippen molar-refractivity contribution >= 4 is 51.7 Å². The van der Waals surface area contributed by atoms with Crippen LogP contribution in [-0.4, -0.2) is 84.6 Å². The highest BCUT2D eigenvalue weighted by atomic mass is 32.1. The first-order valence-electron chi connectivity index (χ1n) is 17.2. The second kappa shape index (κ2) is 16.2. The van der Waals surface area contributed by atoms with E-state index in [2.05, 4.69) is 36.2 Å². The summed E-state index contributed by atoms with van der Waals surface area (Å²) in [6.07, 6.45) is 6.93. The zero-order chi connectivity index (χ0) is 37.6. The van der Waals surface area contributed by atoms with E-state index in [0.29, 0.717) is 28.7 Å². The number of imidazole rings is 2. The molecule has 6 rings (SSSR count). The van der Waals surface area contributed by atoms with Crippen molar-refractivity contribution < 1.29 is 29.1 Å². The van der Waals surface area contributed by atoms with E-state index in [-0.39, 0.29) is 30.3 Å². The minimum absolute atomic E-state index is 0.149. The SMILES string of the molecule is CC(=O)N[C@@H](C(=O)NCC(=O)Nc1cn2cc(-c3ccc(-c4cnc([C@@H]5CCCN5C(=O)[C@@H](NC(=O)CO)C(C)C)[nH]4)cc3)sc2n1)c1ccccc1. The standard InChI is InChI=1S/C37H41N9O6S/c1-21(2)32(44-31(50)20-47)36(52)46-15-7-10-27(46)34-38-16-26(41-34)23-11-13-24(14-12-23)28-18-45-19-29(43-37(45)53-28)42-30(49)17-39-35(51)33(40-22(3)48)25-8-5-4-6-9-25/h4-6,8-9,11-14,16,18-19,21,27,32-33,47H,7,10,15,17,20H2,1-3H3,(H,38,41)(H,39,51)(H,40,48)(H,42,49)(H,44,50)/t27-,32-,33+/m0/s1. The van der Waals surface area contributed by atoms with E-state index in [9.17, 15) is 29.1 Å². The van der Waals surface area contributed by atoms with Gasteiger partial charge in [-0.15, -0.1) is 0 Å². The maximum Gasteiger partial charge on any atom is 0.247 e. The Hall–Kier alpha value is -5.87. The monoisotopic (exact) mass is 739 g/mol. The largest absolute Gasteiger partial charge is 0.387 e. The van der Waals surface area contributed by atoms with Gasteiger partial charge in [0.1, 0.15) is 24.5 Å². The highest BCUT2D eigenvalue weighted by Gasteiger charge is 2.37. The van der Waals surface area contributed by atoms with Crippen molar-refractivity contribution in [3.63, 3.8) is 0 Å². The number of amides is 5. The quantitative estimate of drug-likeness (QED) is 0.106. The van der Waals surface area contributed by atoms with E-state index >= 15 is 0 Å². The minimum Gasteiger partial charge on any atom is -0.387 e. The van der Waals surface area contributed by atoms with Crippen molar-refractivity contribution in [1.82, 2.24) is 40.2 Å². The van der Waals surface area contributed by atoms with Gasteiger partial charge < -0.3 is 36.3 Å². The molecule has 15 nitrogen and oxygen atoms in total. The molecule has 0 saturated carbocycles. The van der Waals surface area contributed by atoms with Gasteiger partial charge >= 0.3 is 0 Å². The predicted octanol–water partition coefficient (Wildman–Crippen LogP) is 3.18. The first-order valence-corrected chi connectivity index (χ1v) is 18.1. The molecule has 0 bridgehead atoms. The summed E-state index contributed by atoms with van der Waals surface area (Å²) in [5.74, 6) is -1.25. The number of aliphatic hydroxyl groups excluding tert-OH is 1. The van der Waals surface area contributed by atoms with Gasteiger partial charge in [-0.05, 0) is 35.4 Å². The summed E-state index contributed by atoms with van der Waals surface area (Å²) < 4.78 is 1.82. The molecule has 16 heteroatoms. The third-order valence-electron chi connectivity index (χ3n) is 8.91. The summed E-state index contributed by atoms with van der Waals surface area (Å²) in [6.45, 7) is 4.62. The van der Waals surface area contributed by atoms with Gasteiger partial charge in [0.15, 0.2) is 10.8 Å². The van der Waals surface area contributed by atoms with E-state index in [4.69, 9.17) is 0 Å². The molecule has 0 unspecified atom stereocenters. The number of aromatic nitrogens is 4. The summed E-state index contributed by atoms with van der Waals surface area (Å²) in [4.78, 5) is 78.4. The van der Waals surface area contributed by atoms with E-state index in [1.165, 1.54) is 18.3 Å². The maximum atomic E-state index is 13.5. The topological polar surface area (TPSA) is 203 Å². The van der Waals surface area contributed by atoms with Crippen molar-refractivity contribution in [2.24, 2.45) is 5.92 Å². The van der Waals surface area contributed by atoms with Gasteiger partial charge in [-0.3, -0.25) is 28.4 Å². The van der Waals surface area contributed by atoms with E-state index in [0.717, 1.165) is 34.5 Å². The van der Waals surface area contributed by atoms with Gasteiger partial charge in [-0.25, -0.2) is 9.97 Å². The third-order valence-corrected chi connectivity index (χ3v) is 9.96. The fraction of sp³-hybridized carbons (Fsp3) is 0.324. The molecule has 1 aliphatic heterocycles. The van der Waals surface area contributed by atoms with Crippen LogP contribution < -0.4 is 21.3 Å². The van der Waals surface area contributed by atoms with Gasteiger partial charge in [0.25, 0.3) is 0 Å². The number of hydrogen-bond donors (Lipinski definition) is 6. The number of nitrogens with one attached hydrogen (secondary N) is 5. The Morgan fingerprint density at radius 2 is 1.72 bits per heavy atom. The molecule has 2 aromatic carbocycles. The second-order valence-corrected chi connectivity index (χ2v) is 14.1. The van der Waals surface area contributed by atoms with Crippen LogP contribution in [0.3, 0.4) is 0 Å². The van der Waals surface area contributed by atoms with Crippen LogP contribution in [-0.2, 0) is 24.0 Å². The van der Waals surface area contributed by atoms with Crippen LogP contribution in [0.25, 0.3) is 26.7 Å². The number of carbonyl (C=O) groups excluding carboxylic acids is 5. The number of nitrogens with zero attached hydrogens (tertiary/aromatic N) is 4. The summed E-state index contributed by atoms with van der Waals surface area (Å²) in [5, 5.41) is 19.7. The van der Waals surface area contributed by atoms with Gasteiger partial charge in [0.05, 0.1) is 35.6 Å². The molecule has 53 heavy (non-hydrogen) atoms. The van der Waals surface area contributed by atoms with Crippen LogP contribution in [0.2, 0.25) is 0 Å². The Labute approximate surface area is 309 Å². The highest BCUT2D eigenvalue weighted by Crippen LogP contribution is 2.34. The lowest BCUT2D eigenvalue weighted by Gasteiger charge is -2.30. The number of thiazole rings is 1. The average Bonchev–Trinajstić information content (AvgIpc) is 3.96. The first kappa shape index (κ1) is 36.9. The number of aromatic amines is 1. The number of H-pyrrole nitrogens is 1. The highest BCUT2D eigenvalue weighted by molar-refractivity contribution is 7.20. The molecule has 1 aliphatic rings. The van der Waals surface area contributed by atoms with Crippen LogP contribution in [0.15, 0.2) is 73.2 Å². The molecular weight excluding hydrogens is 699 g/mol. The van der Waals surface area contributed by atoms with Gasteiger partial charge in [0.2, 0.25) is 29.5 Å². The first-order chi connectivity index (χ1) is 25.5. The van der Waals surface area contributed by atoms with Crippen LogP contribution in [0.5, 0.6) is 0 Å². The summed E-state index contributed by atoms with van der Waals surface area (Å²) >= 11 is 1.45. The van der Waals surface area contributed by atoms with Crippen molar-refractivity contribution in [3.8, 4) is 21.7 Å². The molecular formula is C37H41N9O6S. The van der Waals surface area contributed by atoms with Gasteiger partial charge in [-0.2, -0.15) is 0 Å². The Morgan fingerprint density at radius 1 is 0.981 bits per heavy atom. The molecule has 0 aliphatic carbocycles. The predicted molar refractivity (Wildman–Crippen MR) is 198 cm³/mol. The zero-order valence-electron chi connectivity index (χ0n) is 29.5. The molecule has 6 N–H and O–H groups in total. The minimum atomic E-state index is -0.928. The molecule has 0 radical (unpaired) electrons. The molecule has 276 valence electrons. The number of anilines is 1. The fourth-order valence-electron chi connectivity index (χ4n) is 6.29. The molecule has 1 fully saturated rings. The zero-order valence-corrected chi connectivity index (χ0v) is 30.3. The molecule has 5 aromatic rings. The average molecular weight is 740 g/mol. The third kappa shape index (κ3) is 8.61. The lowest BCUT2D eigenvalue weighted by atomic mass is 10.0. The van der Waals surface area contributed by atoms with Gasteiger partial charge in [-0.1, -0.05) is 79.8 Å². The number of likely N-dealkylation sites (tertiary alicyclic amines) is 1.